The lowest BCUT2D eigenvalue weighted by atomic mass is 9.91. The van der Waals surface area contributed by atoms with Crippen molar-refractivity contribution in [2.24, 2.45) is 11.3 Å². The zero-order valence-corrected chi connectivity index (χ0v) is 15.9. The van der Waals surface area contributed by atoms with Gasteiger partial charge in [0.2, 0.25) is 5.91 Å². The molecule has 1 aliphatic rings. The molecule has 0 spiro atoms. The smallest absolute Gasteiger partial charge is 0.309 e. The molecule has 24 heavy (non-hydrogen) atoms. The van der Waals surface area contributed by atoms with Crippen molar-refractivity contribution in [3.05, 3.63) is 34.1 Å². The minimum absolute atomic E-state index is 0.112. The van der Waals surface area contributed by atoms with Crippen LogP contribution in [0.25, 0.3) is 0 Å². The normalized spacial score (nSPS) is 16.1. The molecule has 0 aliphatic carbocycles. The van der Waals surface area contributed by atoms with Crippen LogP contribution in [-0.4, -0.2) is 29.9 Å². The van der Waals surface area contributed by atoms with Crippen molar-refractivity contribution in [3.8, 4) is 0 Å². The Morgan fingerprint density at radius 3 is 2.46 bits per heavy atom. The second-order valence-corrected chi connectivity index (χ2v) is 8.01. The van der Waals surface area contributed by atoms with E-state index in [0.29, 0.717) is 30.4 Å². The molecule has 0 aromatic heterocycles. The molecule has 132 valence electrons. The van der Waals surface area contributed by atoms with E-state index in [0.717, 1.165) is 5.56 Å². The molecule has 1 aliphatic heterocycles. The molecule has 0 unspecified atom stereocenters. The Balaban J connectivity index is 1.84. The van der Waals surface area contributed by atoms with Crippen LogP contribution in [0.1, 0.15) is 39.2 Å². The van der Waals surface area contributed by atoms with Gasteiger partial charge in [-0.15, -0.1) is 0 Å². The van der Waals surface area contributed by atoms with E-state index in [-0.39, 0.29) is 30.2 Å². The molecule has 4 nitrogen and oxygen atoms in total. The van der Waals surface area contributed by atoms with Gasteiger partial charge in [0.05, 0.1) is 5.92 Å². The molecule has 6 heteroatoms. The largest absolute Gasteiger partial charge is 0.461 e. The number of carbonyl (C=O) groups is 2. The average Bonchev–Trinajstić information content (AvgIpc) is 2.52. The number of likely N-dealkylation sites (tertiary alicyclic amines) is 1. The average molecular weight is 400 g/mol. The zero-order chi connectivity index (χ0) is 17.9. The fraction of sp³-hybridized carbons (Fsp3) is 0.556. The summed E-state index contributed by atoms with van der Waals surface area (Å²) < 4.78 is 19.0. The first-order valence-electron chi connectivity index (χ1n) is 8.08. The van der Waals surface area contributed by atoms with Gasteiger partial charge >= 0.3 is 5.97 Å². The molecule has 0 bridgehead atoms. The molecule has 0 N–H and O–H groups in total. The highest BCUT2D eigenvalue weighted by Crippen LogP contribution is 2.25. The van der Waals surface area contributed by atoms with Crippen LogP contribution in [0.2, 0.25) is 0 Å². The molecule has 0 radical (unpaired) electrons. The SMILES string of the molecule is CC(C)(C)C(=O)N1CCC(C(=O)OCc2ccc(F)cc2Br)CC1. The van der Waals surface area contributed by atoms with Crippen LogP contribution < -0.4 is 0 Å². The highest BCUT2D eigenvalue weighted by atomic mass is 79.9. The summed E-state index contributed by atoms with van der Waals surface area (Å²) in [4.78, 5) is 26.3. The molecule has 0 saturated carbocycles. The first-order valence-corrected chi connectivity index (χ1v) is 8.87. The number of carbonyl (C=O) groups excluding carboxylic acids is 2. The summed E-state index contributed by atoms with van der Waals surface area (Å²) >= 11 is 3.26. The number of piperidine rings is 1. The van der Waals surface area contributed by atoms with Crippen molar-refractivity contribution < 1.29 is 18.7 Å². The van der Waals surface area contributed by atoms with Gasteiger partial charge in [-0.05, 0) is 25.0 Å². The maximum Gasteiger partial charge on any atom is 0.309 e. The molecule has 0 atom stereocenters. The summed E-state index contributed by atoms with van der Waals surface area (Å²) in [6.45, 7) is 6.97. The Morgan fingerprint density at radius 1 is 1.29 bits per heavy atom. The van der Waals surface area contributed by atoms with Crippen molar-refractivity contribution in [1.82, 2.24) is 4.90 Å². The van der Waals surface area contributed by atoms with Crippen molar-refractivity contribution >= 4 is 27.8 Å². The minimum atomic E-state index is -0.401. The number of rotatable bonds is 3. The number of amides is 1. The quantitative estimate of drug-likeness (QED) is 0.723. The summed E-state index contributed by atoms with van der Waals surface area (Å²) in [5.74, 6) is -0.667. The van der Waals surface area contributed by atoms with Crippen LogP contribution in [0.3, 0.4) is 0 Å². The van der Waals surface area contributed by atoms with E-state index in [1.807, 2.05) is 25.7 Å². The standard InChI is InChI=1S/C18H23BrFNO3/c1-18(2,3)17(23)21-8-6-12(7-9-21)16(22)24-11-13-4-5-14(20)10-15(13)19/h4-5,10,12H,6-9,11H2,1-3H3. The third kappa shape index (κ3) is 4.79. The van der Waals surface area contributed by atoms with Crippen LogP contribution >= 0.6 is 15.9 Å². The number of ether oxygens (including phenoxy) is 1. The molecule has 1 saturated heterocycles. The molecule has 1 amide bonds. The van der Waals surface area contributed by atoms with E-state index in [9.17, 15) is 14.0 Å². The van der Waals surface area contributed by atoms with Crippen molar-refractivity contribution in [2.75, 3.05) is 13.1 Å². The monoisotopic (exact) mass is 399 g/mol. The van der Waals surface area contributed by atoms with Crippen LogP contribution in [0, 0.1) is 17.2 Å². The van der Waals surface area contributed by atoms with Crippen LogP contribution in [-0.2, 0) is 20.9 Å². The van der Waals surface area contributed by atoms with Gasteiger partial charge in [-0.25, -0.2) is 4.39 Å². The molecule has 1 heterocycles. The Labute approximate surface area is 150 Å². The molecule has 1 aromatic carbocycles. The first-order chi connectivity index (χ1) is 11.2. The molecule has 2 rings (SSSR count). The summed E-state index contributed by atoms with van der Waals surface area (Å²) in [6.07, 6.45) is 1.23. The summed E-state index contributed by atoms with van der Waals surface area (Å²) in [6, 6.07) is 4.28. The van der Waals surface area contributed by atoms with Crippen molar-refractivity contribution in [2.45, 2.75) is 40.2 Å². The van der Waals surface area contributed by atoms with E-state index in [2.05, 4.69) is 15.9 Å². The first kappa shape index (κ1) is 18.9. The van der Waals surface area contributed by atoms with Gasteiger partial charge in [0.15, 0.2) is 0 Å². The lowest BCUT2D eigenvalue weighted by molar-refractivity contribution is -0.154. The Kier molecular flexibility index (Phi) is 6.01. The number of nitrogens with zero attached hydrogens (tertiary/aromatic N) is 1. The minimum Gasteiger partial charge on any atom is -0.461 e. The van der Waals surface area contributed by atoms with Gasteiger partial charge in [-0.2, -0.15) is 0 Å². The highest BCUT2D eigenvalue weighted by Gasteiger charge is 2.32. The number of hydrogen-bond acceptors (Lipinski definition) is 3. The lowest BCUT2D eigenvalue weighted by Gasteiger charge is -2.34. The van der Waals surface area contributed by atoms with E-state index in [1.54, 1.807) is 6.07 Å². The third-order valence-corrected chi connectivity index (χ3v) is 4.88. The fourth-order valence-corrected chi connectivity index (χ4v) is 3.16. The Bertz CT molecular complexity index is 619. The highest BCUT2D eigenvalue weighted by molar-refractivity contribution is 9.10. The Morgan fingerprint density at radius 2 is 1.92 bits per heavy atom. The third-order valence-electron chi connectivity index (χ3n) is 4.14. The van der Waals surface area contributed by atoms with Gasteiger partial charge in [-0.3, -0.25) is 9.59 Å². The lowest BCUT2D eigenvalue weighted by Crippen LogP contribution is -2.45. The predicted molar refractivity (Wildman–Crippen MR) is 92.7 cm³/mol. The number of hydrogen-bond donors (Lipinski definition) is 0. The second kappa shape index (κ2) is 7.64. The number of benzene rings is 1. The maximum atomic E-state index is 13.1. The maximum absolute atomic E-state index is 13.1. The molecular formula is C18H23BrFNO3. The van der Waals surface area contributed by atoms with Crippen molar-refractivity contribution in [3.63, 3.8) is 0 Å². The van der Waals surface area contributed by atoms with E-state index in [4.69, 9.17) is 4.74 Å². The van der Waals surface area contributed by atoms with Gasteiger partial charge in [0.1, 0.15) is 12.4 Å². The van der Waals surface area contributed by atoms with Crippen molar-refractivity contribution in [1.29, 1.82) is 0 Å². The van der Waals surface area contributed by atoms with E-state index in [1.165, 1.54) is 12.1 Å². The fourth-order valence-electron chi connectivity index (χ4n) is 2.70. The molecule has 1 aromatic rings. The van der Waals surface area contributed by atoms with Crippen LogP contribution in [0.5, 0.6) is 0 Å². The molecule has 1 fully saturated rings. The predicted octanol–water partition coefficient (Wildman–Crippen LogP) is 3.92. The van der Waals surface area contributed by atoms with E-state index >= 15 is 0 Å². The molecular weight excluding hydrogens is 377 g/mol. The van der Waals surface area contributed by atoms with Gasteiger partial charge in [-0.1, -0.05) is 42.8 Å². The summed E-state index contributed by atoms with van der Waals surface area (Å²) in [5.41, 5.74) is 0.326. The van der Waals surface area contributed by atoms with Crippen LogP contribution in [0.4, 0.5) is 4.39 Å². The van der Waals surface area contributed by atoms with Gasteiger partial charge in [0, 0.05) is 28.5 Å². The second-order valence-electron chi connectivity index (χ2n) is 7.16. The Hall–Kier alpha value is -1.43. The van der Waals surface area contributed by atoms with Gasteiger partial charge < -0.3 is 9.64 Å². The number of esters is 1. The topological polar surface area (TPSA) is 46.6 Å². The number of halogens is 2. The van der Waals surface area contributed by atoms with E-state index < -0.39 is 5.41 Å². The van der Waals surface area contributed by atoms with Gasteiger partial charge in [0.25, 0.3) is 0 Å². The summed E-state index contributed by atoms with van der Waals surface area (Å²) in [5, 5.41) is 0. The summed E-state index contributed by atoms with van der Waals surface area (Å²) in [7, 11) is 0. The zero-order valence-electron chi connectivity index (χ0n) is 14.3. The van der Waals surface area contributed by atoms with Crippen LogP contribution in [0.15, 0.2) is 22.7 Å².